The van der Waals surface area contributed by atoms with Gasteiger partial charge >= 0.3 is 0 Å². The second-order valence-electron chi connectivity index (χ2n) is 5.63. The standard InChI is InChI=1S/C14H28N4O2.3ClH/c1-2-17-7-9-18(10-8-17)6-5-16-14(19)13-4-3-12(11-15)20-13;;;/h12-13H,2-11,15H2,1H3,(H,16,19);3*1H/t12-,13+;;;/m1.../s1. The summed E-state index contributed by atoms with van der Waals surface area (Å²) in [5, 5.41) is 2.98. The fourth-order valence-corrected chi connectivity index (χ4v) is 2.85. The SMILES string of the molecule is CCN1CCN(CCNC(=O)[C@@H]2CC[C@H](CN)O2)CC1.Cl.Cl.Cl. The van der Waals surface area contributed by atoms with Crippen LogP contribution in [0.4, 0.5) is 0 Å². The molecule has 2 heterocycles. The van der Waals surface area contributed by atoms with Crippen molar-refractivity contribution >= 4 is 43.1 Å². The Hall–Kier alpha value is 0.180. The third kappa shape index (κ3) is 8.20. The van der Waals surface area contributed by atoms with Gasteiger partial charge in [0.2, 0.25) is 5.91 Å². The first-order valence-corrected chi connectivity index (χ1v) is 7.81. The van der Waals surface area contributed by atoms with Crippen LogP contribution in [0.15, 0.2) is 0 Å². The lowest BCUT2D eigenvalue weighted by Crippen LogP contribution is -2.48. The van der Waals surface area contributed by atoms with Gasteiger partial charge in [-0.1, -0.05) is 6.92 Å². The predicted octanol–water partition coefficient (Wildman–Crippen LogP) is 0.512. The van der Waals surface area contributed by atoms with Crippen LogP contribution in [-0.2, 0) is 9.53 Å². The monoisotopic (exact) mass is 392 g/mol. The van der Waals surface area contributed by atoms with Gasteiger partial charge in [0.25, 0.3) is 0 Å². The molecule has 140 valence electrons. The smallest absolute Gasteiger partial charge is 0.249 e. The Kier molecular flexibility index (Phi) is 14.9. The van der Waals surface area contributed by atoms with Crippen LogP contribution in [0.25, 0.3) is 0 Å². The predicted molar refractivity (Wildman–Crippen MR) is 100 cm³/mol. The van der Waals surface area contributed by atoms with E-state index >= 15 is 0 Å². The average Bonchev–Trinajstić information content (AvgIpc) is 2.97. The number of nitrogens with zero attached hydrogens (tertiary/aromatic N) is 2. The summed E-state index contributed by atoms with van der Waals surface area (Å²) in [5.74, 6) is 0.0214. The molecule has 2 aliphatic heterocycles. The number of carbonyl (C=O) groups excluding carboxylic acids is 1. The molecule has 2 atom stereocenters. The number of hydrogen-bond donors (Lipinski definition) is 2. The van der Waals surface area contributed by atoms with Gasteiger partial charge in [-0.2, -0.15) is 0 Å². The number of nitrogens with one attached hydrogen (secondary N) is 1. The Morgan fingerprint density at radius 1 is 1.13 bits per heavy atom. The Morgan fingerprint density at radius 2 is 1.74 bits per heavy atom. The molecule has 0 unspecified atom stereocenters. The summed E-state index contributed by atoms with van der Waals surface area (Å²) in [6, 6.07) is 0. The molecule has 3 N–H and O–H groups in total. The van der Waals surface area contributed by atoms with Crippen molar-refractivity contribution in [1.82, 2.24) is 15.1 Å². The lowest BCUT2D eigenvalue weighted by molar-refractivity contribution is -0.131. The molecular formula is C14H31Cl3N4O2. The number of likely N-dealkylation sites (N-methyl/N-ethyl adjacent to an activating group) is 1. The first kappa shape index (κ1) is 25.4. The Labute approximate surface area is 158 Å². The first-order valence-electron chi connectivity index (χ1n) is 7.81. The molecule has 0 aromatic rings. The van der Waals surface area contributed by atoms with E-state index in [9.17, 15) is 4.79 Å². The number of amides is 1. The minimum absolute atomic E-state index is 0. The van der Waals surface area contributed by atoms with Crippen molar-refractivity contribution in [3.63, 3.8) is 0 Å². The molecule has 0 aliphatic carbocycles. The van der Waals surface area contributed by atoms with Crippen LogP contribution in [-0.4, -0.2) is 80.3 Å². The number of rotatable bonds is 6. The zero-order valence-corrected chi connectivity index (χ0v) is 16.2. The van der Waals surface area contributed by atoms with E-state index in [-0.39, 0.29) is 55.3 Å². The van der Waals surface area contributed by atoms with Gasteiger partial charge in [0.05, 0.1) is 6.10 Å². The minimum Gasteiger partial charge on any atom is -0.364 e. The van der Waals surface area contributed by atoms with Crippen molar-refractivity contribution in [3.8, 4) is 0 Å². The minimum atomic E-state index is -0.291. The van der Waals surface area contributed by atoms with Crippen molar-refractivity contribution in [2.75, 3.05) is 52.4 Å². The van der Waals surface area contributed by atoms with Gasteiger partial charge in [0.15, 0.2) is 0 Å². The highest BCUT2D eigenvalue weighted by molar-refractivity contribution is 5.86. The largest absolute Gasteiger partial charge is 0.364 e. The first-order chi connectivity index (χ1) is 9.72. The number of nitrogens with two attached hydrogens (primary N) is 1. The van der Waals surface area contributed by atoms with Crippen LogP contribution in [0, 0.1) is 0 Å². The van der Waals surface area contributed by atoms with E-state index in [1.54, 1.807) is 0 Å². The van der Waals surface area contributed by atoms with E-state index in [2.05, 4.69) is 22.0 Å². The van der Waals surface area contributed by atoms with Gasteiger partial charge in [0, 0.05) is 45.8 Å². The molecule has 0 spiro atoms. The Bertz CT molecular complexity index is 318. The van der Waals surface area contributed by atoms with Crippen molar-refractivity contribution < 1.29 is 9.53 Å². The van der Waals surface area contributed by atoms with E-state index in [1.165, 1.54) is 0 Å². The summed E-state index contributed by atoms with van der Waals surface area (Å²) in [6.07, 6.45) is 1.46. The third-order valence-corrected chi connectivity index (χ3v) is 4.30. The van der Waals surface area contributed by atoms with Gasteiger partial charge in [-0.25, -0.2) is 0 Å². The molecule has 0 radical (unpaired) electrons. The van der Waals surface area contributed by atoms with Gasteiger partial charge in [-0.3, -0.25) is 9.69 Å². The topological polar surface area (TPSA) is 70.8 Å². The molecule has 2 fully saturated rings. The molecule has 2 saturated heterocycles. The maximum absolute atomic E-state index is 11.9. The van der Waals surface area contributed by atoms with E-state index in [4.69, 9.17) is 10.5 Å². The highest BCUT2D eigenvalue weighted by atomic mass is 35.5. The summed E-state index contributed by atoms with van der Waals surface area (Å²) in [4.78, 5) is 16.8. The molecular weight excluding hydrogens is 363 g/mol. The fraction of sp³-hybridized carbons (Fsp3) is 0.929. The van der Waals surface area contributed by atoms with Crippen LogP contribution < -0.4 is 11.1 Å². The van der Waals surface area contributed by atoms with Gasteiger partial charge < -0.3 is 20.7 Å². The van der Waals surface area contributed by atoms with Crippen LogP contribution in [0.3, 0.4) is 0 Å². The van der Waals surface area contributed by atoms with Crippen molar-refractivity contribution in [3.05, 3.63) is 0 Å². The lowest BCUT2D eigenvalue weighted by atomic mass is 10.2. The van der Waals surface area contributed by atoms with Crippen molar-refractivity contribution in [2.24, 2.45) is 5.73 Å². The van der Waals surface area contributed by atoms with Crippen LogP contribution in [0.5, 0.6) is 0 Å². The maximum atomic E-state index is 11.9. The summed E-state index contributed by atoms with van der Waals surface area (Å²) >= 11 is 0. The summed E-state index contributed by atoms with van der Waals surface area (Å²) in [5.41, 5.74) is 5.55. The van der Waals surface area contributed by atoms with E-state index in [0.717, 1.165) is 52.1 Å². The van der Waals surface area contributed by atoms with Gasteiger partial charge in [-0.05, 0) is 19.4 Å². The molecule has 6 nitrogen and oxygen atoms in total. The lowest BCUT2D eigenvalue weighted by Gasteiger charge is -2.34. The molecule has 9 heteroatoms. The quantitative estimate of drug-likeness (QED) is 0.688. The molecule has 0 bridgehead atoms. The van der Waals surface area contributed by atoms with Crippen LogP contribution >= 0.6 is 37.2 Å². The normalized spacial score (nSPS) is 25.0. The number of hydrogen-bond acceptors (Lipinski definition) is 5. The van der Waals surface area contributed by atoms with Crippen LogP contribution in [0.1, 0.15) is 19.8 Å². The molecule has 2 rings (SSSR count). The number of ether oxygens (including phenoxy) is 1. The molecule has 0 aromatic heterocycles. The van der Waals surface area contributed by atoms with E-state index in [0.29, 0.717) is 13.1 Å². The average molecular weight is 394 g/mol. The highest BCUT2D eigenvalue weighted by Gasteiger charge is 2.29. The second kappa shape index (κ2) is 13.5. The van der Waals surface area contributed by atoms with Gasteiger partial charge in [0.1, 0.15) is 6.10 Å². The highest BCUT2D eigenvalue weighted by Crippen LogP contribution is 2.18. The number of halogens is 3. The molecule has 2 aliphatic rings. The van der Waals surface area contributed by atoms with Crippen molar-refractivity contribution in [1.29, 1.82) is 0 Å². The van der Waals surface area contributed by atoms with E-state index < -0.39 is 0 Å². The molecule has 1 amide bonds. The molecule has 23 heavy (non-hydrogen) atoms. The Morgan fingerprint density at radius 3 is 2.26 bits per heavy atom. The van der Waals surface area contributed by atoms with Crippen LogP contribution in [0.2, 0.25) is 0 Å². The zero-order valence-electron chi connectivity index (χ0n) is 13.7. The molecule has 0 saturated carbocycles. The molecule has 0 aromatic carbocycles. The zero-order chi connectivity index (χ0) is 14.4. The Balaban J connectivity index is 0. The maximum Gasteiger partial charge on any atom is 0.249 e. The second-order valence-corrected chi connectivity index (χ2v) is 5.63. The summed E-state index contributed by atoms with van der Waals surface area (Å²) in [6.45, 7) is 9.93. The number of piperazine rings is 1. The summed E-state index contributed by atoms with van der Waals surface area (Å²) < 4.78 is 5.59. The van der Waals surface area contributed by atoms with Crippen molar-refractivity contribution in [2.45, 2.75) is 32.0 Å². The third-order valence-electron chi connectivity index (χ3n) is 4.30. The number of carbonyl (C=O) groups is 1. The van der Waals surface area contributed by atoms with E-state index in [1.807, 2.05) is 0 Å². The van der Waals surface area contributed by atoms with Gasteiger partial charge in [-0.15, -0.1) is 37.2 Å². The fourth-order valence-electron chi connectivity index (χ4n) is 2.85. The summed E-state index contributed by atoms with van der Waals surface area (Å²) in [7, 11) is 0.